The number of aromatic nitrogens is 1. The zero-order valence-electron chi connectivity index (χ0n) is 17.5. The van der Waals surface area contributed by atoms with E-state index in [9.17, 15) is 14.4 Å². The minimum absolute atomic E-state index is 0.0451. The van der Waals surface area contributed by atoms with Crippen molar-refractivity contribution in [2.75, 3.05) is 18.9 Å². The first kappa shape index (κ1) is 23.1. The van der Waals surface area contributed by atoms with Crippen LogP contribution in [0.5, 0.6) is 0 Å². The van der Waals surface area contributed by atoms with Gasteiger partial charge in [0.1, 0.15) is 10.9 Å². The number of rotatable bonds is 8. The van der Waals surface area contributed by atoms with Gasteiger partial charge in [-0.3, -0.25) is 14.4 Å². The average Bonchev–Trinajstić information content (AvgIpc) is 3.25. The number of nitrogen functional groups attached to an aromatic ring is 1. The summed E-state index contributed by atoms with van der Waals surface area (Å²) in [7, 11) is 0. The molecule has 2 heterocycles. The number of anilines is 1. The molecular weight excluding hydrogens is 394 g/mol. The molecular formula is C19H31N5O4S. The topological polar surface area (TPSA) is 141 Å². The standard InChI is InChI=1S/C19H31N5O4S/c1-5-7-12(17(26)22-19(2,3)4)24(10-11-8-6-9-28-11)18(27)15-13(20)14(16(21)25)23-29-15/h11-12H,5-10,20H2,1-4H3,(H2,21,25)(H,22,26)/t11-,12-/m0/s1. The largest absolute Gasteiger partial charge is 0.395 e. The van der Waals surface area contributed by atoms with Crippen LogP contribution in [0.15, 0.2) is 0 Å². The van der Waals surface area contributed by atoms with Crippen molar-refractivity contribution in [1.29, 1.82) is 0 Å². The highest BCUT2D eigenvalue weighted by Crippen LogP contribution is 2.26. The number of ether oxygens (including phenoxy) is 1. The third kappa shape index (κ3) is 5.89. The molecule has 1 aromatic rings. The van der Waals surface area contributed by atoms with Crippen molar-refractivity contribution in [3.05, 3.63) is 10.6 Å². The lowest BCUT2D eigenvalue weighted by atomic mass is 10.0. The van der Waals surface area contributed by atoms with Crippen molar-refractivity contribution in [2.45, 2.75) is 71.1 Å². The van der Waals surface area contributed by atoms with E-state index in [1.54, 1.807) is 0 Å². The van der Waals surface area contributed by atoms with Crippen molar-refractivity contribution in [1.82, 2.24) is 14.6 Å². The maximum Gasteiger partial charge on any atom is 0.270 e. The van der Waals surface area contributed by atoms with Gasteiger partial charge in [0.2, 0.25) is 5.91 Å². The van der Waals surface area contributed by atoms with Gasteiger partial charge in [0, 0.05) is 18.7 Å². The highest BCUT2D eigenvalue weighted by molar-refractivity contribution is 7.09. The quantitative estimate of drug-likeness (QED) is 0.577. The van der Waals surface area contributed by atoms with Crippen molar-refractivity contribution in [3.63, 3.8) is 0 Å². The third-order valence-electron chi connectivity index (χ3n) is 4.58. The van der Waals surface area contributed by atoms with Crippen LogP contribution in [-0.4, -0.2) is 57.8 Å². The summed E-state index contributed by atoms with van der Waals surface area (Å²) in [5, 5.41) is 2.96. The molecule has 1 saturated heterocycles. The fourth-order valence-corrected chi connectivity index (χ4v) is 4.04. The molecule has 2 rings (SSSR count). The van der Waals surface area contributed by atoms with E-state index in [1.165, 1.54) is 4.90 Å². The summed E-state index contributed by atoms with van der Waals surface area (Å²) < 4.78 is 9.63. The van der Waals surface area contributed by atoms with Gasteiger partial charge in [-0.05, 0) is 51.6 Å². The zero-order chi connectivity index (χ0) is 21.8. The van der Waals surface area contributed by atoms with Gasteiger partial charge in [0.05, 0.1) is 11.8 Å². The third-order valence-corrected chi connectivity index (χ3v) is 5.43. The highest BCUT2D eigenvalue weighted by atomic mass is 32.1. The Morgan fingerprint density at radius 2 is 2.07 bits per heavy atom. The summed E-state index contributed by atoms with van der Waals surface area (Å²) in [6, 6.07) is -0.686. The van der Waals surface area contributed by atoms with E-state index in [1.807, 2.05) is 27.7 Å². The fraction of sp³-hybridized carbons (Fsp3) is 0.684. The number of carbonyl (C=O) groups excluding carboxylic acids is 3. The predicted octanol–water partition coefficient (Wildman–Crippen LogP) is 1.53. The second-order valence-corrected chi connectivity index (χ2v) is 9.05. The molecule has 0 aromatic carbocycles. The molecule has 0 aliphatic carbocycles. The predicted molar refractivity (Wildman–Crippen MR) is 112 cm³/mol. The van der Waals surface area contributed by atoms with Crippen LogP contribution in [0.25, 0.3) is 0 Å². The number of carbonyl (C=O) groups is 3. The van der Waals surface area contributed by atoms with E-state index in [0.717, 1.165) is 24.4 Å². The first-order chi connectivity index (χ1) is 13.5. The number of amides is 3. The first-order valence-corrected chi connectivity index (χ1v) is 10.6. The van der Waals surface area contributed by atoms with Crippen molar-refractivity contribution in [3.8, 4) is 0 Å². The second kappa shape index (κ2) is 9.53. The molecule has 0 unspecified atom stereocenters. The van der Waals surface area contributed by atoms with Gasteiger partial charge in [-0.25, -0.2) is 0 Å². The number of nitrogens with one attached hydrogen (secondary N) is 1. The summed E-state index contributed by atoms with van der Waals surface area (Å²) in [4.78, 5) is 39.5. The van der Waals surface area contributed by atoms with E-state index in [2.05, 4.69) is 9.69 Å². The summed E-state index contributed by atoms with van der Waals surface area (Å²) >= 11 is 0.820. The lowest BCUT2D eigenvalue weighted by molar-refractivity contribution is -0.127. The highest BCUT2D eigenvalue weighted by Gasteiger charge is 2.36. The molecule has 1 aliphatic heterocycles. The van der Waals surface area contributed by atoms with E-state index in [-0.39, 0.29) is 34.8 Å². The van der Waals surface area contributed by atoms with E-state index >= 15 is 0 Å². The molecule has 1 fully saturated rings. The number of nitrogens with two attached hydrogens (primary N) is 2. The number of nitrogens with zero attached hydrogens (tertiary/aromatic N) is 2. The molecule has 10 heteroatoms. The van der Waals surface area contributed by atoms with E-state index < -0.39 is 23.4 Å². The normalized spacial score (nSPS) is 17.7. The fourth-order valence-electron chi connectivity index (χ4n) is 3.27. The second-order valence-electron chi connectivity index (χ2n) is 8.27. The first-order valence-electron chi connectivity index (χ1n) is 9.84. The Bertz CT molecular complexity index is 752. The van der Waals surface area contributed by atoms with Gasteiger partial charge in [0.15, 0.2) is 5.69 Å². The minimum Gasteiger partial charge on any atom is -0.395 e. The van der Waals surface area contributed by atoms with Crippen LogP contribution in [-0.2, 0) is 9.53 Å². The molecule has 0 saturated carbocycles. The van der Waals surface area contributed by atoms with Gasteiger partial charge in [-0.15, -0.1) is 0 Å². The molecule has 1 aromatic heterocycles. The molecule has 0 radical (unpaired) electrons. The molecule has 5 N–H and O–H groups in total. The van der Waals surface area contributed by atoms with Gasteiger partial charge in [0.25, 0.3) is 11.8 Å². The Labute approximate surface area is 175 Å². The maximum atomic E-state index is 13.4. The molecule has 3 amide bonds. The maximum absolute atomic E-state index is 13.4. The van der Waals surface area contributed by atoms with Crippen molar-refractivity contribution in [2.24, 2.45) is 5.73 Å². The molecule has 162 valence electrons. The zero-order valence-corrected chi connectivity index (χ0v) is 18.3. The Morgan fingerprint density at radius 3 is 2.55 bits per heavy atom. The van der Waals surface area contributed by atoms with Gasteiger partial charge in [-0.2, -0.15) is 4.37 Å². The van der Waals surface area contributed by atoms with E-state index in [0.29, 0.717) is 19.4 Å². The lowest BCUT2D eigenvalue weighted by Gasteiger charge is -2.34. The monoisotopic (exact) mass is 425 g/mol. The SMILES string of the molecule is CCC[C@@H](C(=O)NC(C)(C)C)N(C[C@@H]1CCCO1)C(=O)c1snc(C(N)=O)c1N. The van der Waals surface area contributed by atoms with Crippen LogP contribution in [0.1, 0.15) is 73.5 Å². The van der Waals surface area contributed by atoms with Crippen LogP contribution in [0.3, 0.4) is 0 Å². The van der Waals surface area contributed by atoms with Crippen molar-refractivity contribution >= 4 is 34.9 Å². The Hall–Kier alpha value is -2.20. The van der Waals surface area contributed by atoms with E-state index in [4.69, 9.17) is 16.2 Å². The molecule has 0 bridgehead atoms. The van der Waals surface area contributed by atoms with Crippen LogP contribution in [0.2, 0.25) is 0 Å². The minimum atomic E-state index is -0.793. The van der Waals surface area contributed by atoms with Crippen LogP contribution >= 0.6 is 11.5 Å². The lowest BCUT2D eigenvalue weighted by Crippen LogP contribution is -2.55. The molecule has 0 spiro atoms. The average molecular weight is 426 g/mol. The molecule has 2 atom stereocenters. The smallest absolute Gasteiger partial charge is 0.270 e. The van der Waals surface area contributed by atoms with Crippen LogP contribution in [0, 0.1) is 0 Å². The summed E-state index contributed by atoms with van der Waals surface area (Å²) in [5.41, 5.74) is 10.6. The number of hydrogen-bond donors (Lipinski definition) is 3. The summed E-state index contributed by atoms with van der Waals surface area (Å²) in [5.74, 6) is -1.46. The molecule has 1 aliphatic rings. The Kier molecular flexibility index (Phi) is 7.59. The summed E-state index contributed by atoms with van der Waals surface area (Å²) in [6.45, 7) is 8.53. The van der Waals surface area contributed by atoms with Gasteiger partial charge < -0.3 is 26.4 Å². The Balaban J connectivity index is 2.39. The number of hydrogen-bond acceptors (Lipinski definition) is 7. The van der Waals surface area contributed by atoms with Gasteiger partial charge >= 0.3 is 0 Å². The summed E-state index contributed by atoms with van der Waals surface area (Å²) in [6.07, 6.45) is 2.78. The number of primary amides is 1. The Morgan fingerprint density at radius 1 is 1.38 bits per heavy atom. The van der Waals surface area contributed by atoms with Crippen LogP contribution < -0.4 is 16.8 Å². The molecule has 29 heavy (non-hydrogen) atoms. The van der Waals surface area contributed by atoms with Crippen molar-refractivity contribution < 1.29 is 19.1 Å². The molecule has 9 nitrogen and oxygen atoms in total. The van der Waals surface area contributed by atoms with Gasteiger partial charge in [-0.1, -0.05) is 13.3 Å². The van der Waals surface area contributed by atoms with Crippen LogP contribution in [0.4, 0.5) is 5.69 Å².